The van der Waals surface area contributed by atoms with Crippen molar-refractivity contribution in [1.82, 2.24) is 24.2 Å². The fraction of sp³-hybridized carbons (Fsp3) is 0.182. The SMILES string of the molecule is CCN(C)S(=O)(=O)Nc1cccc(C(=O)c2c[nH]c3ncc(-c4cnc(OC)nc4)cc23)c1F. The number of carbonyl (C=O) groups is 1. The number of pyridine rings is 1. The minimum atomic E-state index is -3.96. The summed E-state index contributed by atoms with van der Waals surface area (Å²) in [6.07, 6.45) is 6.16. The van der Waals surface area contributed by atoms with E-state index in [-0.39, 0.29) is 29.4 Å². The Morgan fingerprint density at radius 3 is 2.53 bits per heavy atom. The molecular formula is C22H21FN6O4S. The Bertz CT molecular complexity index is 1470. The van der Waals surface area contributed by atoms with Crippen molar-refractivity contribution in [3.05, 3.63) is 66.0 Å². The van der Waals surface area contributed by atoms with E-state index in [2.05, 4.69) is 24.7 Å². The molecule has 0 atom stereocenters. The molecule has 4 aromatic rings. The third-order valence-electron chi connectivity index (χ3n) is 5.26. The number of nitrogens with zero attached hydrogens (tertiary/aromatic N) is 4. The molecule has 0 amide bonds. The van der Waals surface area contributed by atoms with Gasteiger partial charge in [-0.15, -0.1) is 0 Å². The van der Waals surface area contributed by atoms with E-state index >= 15 is 4.39 Å². The number of hydrogen-bond donors (Lipinski definition) is 2. The van der Waals surface area contributed by atoms with Crippen molar-refractivity contribution >= 4 is 32.7 Å². The maximum Gasteiger partial charge on any atom is 0.316 e. The molecule has 176 valence electrons. The van der Waals surface area contributed by atoms with Crippen molar-refractivity contribution in [2.75, 3.05) is 25.4 Å². The average molecular weight is 485 g/mol. The van der Waals surface area contributed by atoms with E-state index in [4.69, 9.17) is 4.74 Å². The largest absolute Gasteiger partial charge is 0.467 e. The van der Waals surface area contributed by atoms with Crippen molar-refractivity contribution in [3.8, 4) is 17.1 Å². The van der Waals surface area contributed by atoms with Crippen LogP contribution in [0.25, 0.3) is 22.2 Å². The Labute approximate surface area is 195 Å². The Hall–Kier alpha value is -3.90. The highest BCUT2D eigenvalue weighted by Crippen LogP contribution is 2.28. The molecular weight excluding hydrogens is 463 g/mol. The van der Waals surface area contributed by atoms with Gasteiger partial charge in [0.1, 0.15) is 5.65 Å². The normalized spacial score (nSPS) is 11.7. The van der Waals surface area contributed by atoms with Gasteiger partial charge in [0.15, 0.2) is 11.6 Å². The van der Waals surface area contributed by atoms with Gasteiger partial charge in [-0.2, -0.15) is 12.7 Å². The number of carbonyl (C=O) groups excluding carboxylic acids is 1. The first-order valence-corrected chi connectivity index (χ1v) is 11.6. The van der Waals surface area contributed by atoms with E-state index in [0.29, 0.717) is 22.2 Å². The standard InChI is InChI=1S/C22H21FN6O4S/c1-4-29(2)34(31,32)28-18-7-5-6-15(19(18)23)20(30)17-12-25-21-16(17)8-13(9-24-21)14-10-26-22(33-3)27-11-14/h5-12,28H,4H2,1-3H3,(H,24,25). The van der Waals surface area contributed by atoms with E-state index < -0.39 is 21.8 Å². The lowest BCUT2D eigenvalue weighted by Gasteiger charge is -2.17. The number of anilines is 1. The molecule has 4 rings (SSSR count). The van der Waals surface area contributed by atoms with Gasteiger partial charge in [0.05, 0.1) is 18.4 Å². The Kier molecular flexibility index (Phi) is 6.26. The topological polar surface area (TPSA) is 130 Å². The number of rotatable bonds is 8. The molecule has 0 radical (unpaired) electrons. The van der Waals surface area contributed by atoms with Crippen LogP contribution in [-0.4, -0.2) is 59.1 Å². The number of aromatic amines is 1. The first-order valence-electron chi connectivity index (χ1n) is 10.2. The second-order valence-corrected chi connectivity index (χ2v) is 9.08. The second kappa shape index (κ2) is 9.15. The van der Waals surface area contributed by atoms with Crippen LogP contribution in [0.15, 0.2) is 49.1 Å². The van der Waals surface area contributed by atoms with Crippen LogP contribution in [-0.2, 0) is 10.2 Å². The molecule has 0 aliphatic heterocycles. The zero-order valence-electron chi connectivity index (χ0n) is 18.5. The smallest absolute Gasteiger partial charge is 0.316 e. The molecule has 0 bridgehead atoms. The third-order valence-corrected chi connectivity index (χ3v) is 6.81. The highest BCUT2D eigenvalue weighted by Gasteiger charge is 2.23. The molecule has 0 spiro atoms. The van der Waals surface area contributed by atoms with Gasteiger partial charge in [-0.05, 0) is 18.2 Å². The minimum Gasteiger partial charge on any atom is -0.467 e. The zero-order valence-corrected chi connectivity index (χ0v) is 19.4. The van der Waals surface area contributed by atoms with Crippen LogP contribution in [0.4, 0.5) is 10.1 Å². The van der Waals surface area contributed by atoms with Crippen molar-refractivity contribution in [2.45, 2.75) is 6.92 Å². The Morgan fingerprint density at radius 2 is 1.85 bits per heavy atom. The van der Waals surface area contributed by atoms with Gasteiger partial charge < -0.3 is 9.72 Å². The van der Waals surface area contributed by atoms with Crippen LogP contribution < -0.4 is 9.46 Å². The molecule has 0 aliphatic carbocycles. The summed E-state index contributed by atoms with van der Waals surface area (Å²) in [6, 6.07) is 5.90. The van der Waals surface area contributed by atoms with Gasteiger partial charge in [-0.1, -0.05) is 13.0 Å². The first kappa shape index (κ1) is 23.3. The fourth-order valence-electron chi connectivity index (χ4n) is 3.24. The monoisotopic (exact) mass is 484 g/mol. The van der Waals surface area contributed by atoms with E-state index in [1.165, 1.54) is 38.6 Å². The minimum absolute atomic E-state index is 0.184. The van der Waals surface area contributed by atoms with E-state index in [9.17, 15) is 13.2 Å². The fourth-order valence-corrected chi connectivity index (χ4v) is 4.17. The molecule has 0 saturated heterocycles. The number of aromatic nitrogens is 4. The molecule has 1 aromatic carbocycles. The predicted octanol–water partition coefficient (Wildman–Crippen LogP) is 3.01. The second-order valence-electron chi connectivity index (χ2n) is 7.30. The van der Waals surface area contributed by atoms with Gasteiger partial charge >= 0.3 is 16.2 Å². The van der Waals surface area contributed by atoms with Gasteiger partial charge in [-0.25, -0.2) is 19.3 Å². The molecule has 3 heterocycles. The molecule has 0 fully saturated rings. The summed E-state index contributed by atoms with van der Waals surface area (Å²) in [4.78, 5) is 28.6. The molecule has 3 aromatic heterocycles. The molecule has 0 unspecified atom stereocenters. The lowest BCUT2D eigenvalue weighted by Crippen LogP contribution is -2.32. The maximum absolute atomic E-state index is 15.2. The summed E-state index contributed by atoms with van der Waals surface area (Å²) < 4.78 is 48.0. The van der Waals surface area contributed by atoms with Crippen molar-refractivity contribution < 1.29 is 22.3 Å². The molecule has 0 saturated carbocycles. The number of methoxy groups -OCH3 is 1. The highest BCUT2D eigenvalue weighted by molar-refractivity contribution is 7.90. The Morgan fingerprint density at radius 1 is 1.15 bits per heavy atom. The number of H-pyrrole nitrogens is 1. The Balaban J connectivity index is 1.72. The first-order chi connectivity index (χ1) is 16.2. The molecule has 0 aliphatic rings. The van der Waals surface area contributed by atoms with Crippen molar-refractivity contribution in [2.24, 2.45) is 0 Å². The number of ketones is 1. The predicted molar refractivity (Wildman–Crippen MR) is 124 cm³/mol. The zero-order chi connectivity index (χ0) is 24.5. The van der Waals surface area contributed by atoms with Gasteiger partial charge in [0, 0.05) is 60.5 Å². The number of fused-ring (bicyclic) bond motifs is 1. The van der Waals surface area contributed by atoms with E-state index in [0.717, 1.165) is 4.31 Å². The van der Waals surface area contributed by atoms with Crippen LogP contribution in [0.1, 0.15) is 22.8 Å². The summed E-state index contributed by atoms with van der Waals surface area (Å²) in [5.74, 6) is -1.60. The summed E-state index contributed by atoms with van der Waals surface area (Å²) in [7, 11) is -1.14. The van der Waals surface area contributed by atoms with Crippen LogP contribution >= 0.6 is 0 Å². The van der Waals surface area contributed by atoms with Crippen molar-refractivity contribution in [1.29, 1.82) is 0 Å². The molecule has 2 N–H and O–H groups in total. The van der Waals surface area contributed by atoms with Crippen LogP contribution in [0, 0.1) is 5.82 Å². The summed E-state index contributed by atoms with van der Waals surface area (Å²) >= 11 is 0. The van der Waals surface area contributed by atoms with Crippen molar-refractivity contribution in [3.63, 3.8) is 0 Å². The number of hydrogen-bond acceptors (Lipinski definition) is 7. The molecule has 34 heavy (non-hydrogen) atoms. The highest BCUT2D eigenvalue weighted by atomic mass is 32.2. The van der Waals surface area contributed by atoms with Gasteiger partial charge in [-0.3, -0.25) is 9.52 Å². The number of benzene rings is 1. The summed E-state index contributed by atoms with van der Waals surface area (Å²) in [6.45, 7) is 1.84. The van der Waals surface area contributed by atoms with Crippen LogP contribution in [0.2, 0.25) is 0 Å². The lowest BCUT2D eigenvalue weighted by atomic mass is 10.0. The van der Waals surface area contributed by atoms with Crippen LogP contribution in [0.3, 0.4) is 0 Å². The maximum atomic E-state index is 15.2. The summed E-state index contributed by atoms with van der Waals surface area (Å²) in [5.41, 5.74) is 1.32. The third kappa shape index (κ3) is 4.32. The molecule has 10 nitrogen and oxygen atoms in total. The van der Waals surface area contributed by atoms with E-state index in [1.807, 2.05) is 0 Å². The number of ether oxygens (including phenoxy) is 1. The van der Waals surface area contributed by atoms with E-state index in [1.54, 1.807) is 31.6 Å². The lowest BCUT2D eigenvalue weighted by molar-refractivity contribution is 0.103. The number of nitrogens with one attached hydrogen (secondary N) is 2. The summed E-state index contributed by atoms with van der Waals surface area (Å²) in [5, 5.41) is 0.467. The van der Waals surface area contributed by atoms with Gasteiger partial charge in [0.2, 0.25) is 0 Å². The number of halogens is 1. The quantitative estimate of drug-likeness (QED) is 0.368. The average Bonchev–Trinajstić information content (AvgIpc) is 3.27. The van der Waals surface area contributed by atoms with Gasteiger partial charge in [0.25, 0.3) is 0 Å². The van der Waals surface area contributed by atoms with Crippen LogP contribution in [0.5, 0.6) is 6.01 Å². The molecule has 12 heteroatoms.